The van der Waals surface area contributed by atoms with E-state index in [1.807, 2.05) is 0 Å². The molecule has 0 aliphatic carbocycles. The van der Waals surface area contributed by atoms with E-state index >= 15 is 0 Å². The van der Waals surface area contributed by atoms with Crippen LogP contribution in [0.15, 0.2) is 11.1 Å². The zero-order chi connectivity index (χ0) is 9.90. The summed E-state index contributed by atoms with van der Waals surface area (Å²) in [6.45, 7) is 10.3. The Morgan fingerprint density at radius 3 is 2.31 bits per heavy atom. The van der Waals surface area contributed by atoms with Crippen LogP contribution in [0.4, 0.5) is 0 Å². The first-order valence-corrected chi connectivity index (χ1v) is 5.47. The molecule has 1 heterocycles. The number of allylic oxidation sites excluding steroid dienone is 2. The molecule has 0 saturated carbocycles. The number of nitrogens with one attached hydrogen (secondary N) is 1. The van der Waals surface area contributed by atoms with Gasteiger partial charge in [-0.3, -0.25) is 0 Å². The third-order valence-corrected chi connectivity index (χ3v) is 3.54. The molecule has 0 aromatic heterocycles. The van der Waals surface area contributed by atoms with Gasteiger partial charge in [0.05, 0.1) is 0 Å². The van der Waals surface area contributed by atoms with Crippen molar-refractivity contribution in [3.05, 3.63) is 11.1 Å². The van der Waals surface area contributed by atoms with Crippen molar-refractivity contribution in [2.24, 2.45) is 0 Å². The summed E-state index contributed by atoms with van der Waals surface area (Å²) in [5.74, 6) is 0. The van der Waals surface area contributed by atoms with Gasteiger partial charge >= 0.3 is 0 Å². The molecule has 76 valence electrons. The van der Waals surface area contributed by atoms with Crippen LogP contribution in [0.3, 0.4) is 0 Å². The van der Waals surface area contributed by atoms with Crippen molar-refractivity contribution >= 4 is 0 Å². The maximum Gasteiger partial charge on any atom is 0.0168 e. The fraction of sp³-hybridized carbons (Fsp3) is 0.833. The number of hydrogen-bond donors (Lipinski definition) is 1. The third-order valence-electron chi connectivity index (χ3n) is 3.54. The Kier molecular flexibility index (Phi) is 3.55. The van der Waals surface area contributed by atoms with Crippen molar-refractivity contribution in [1.82, 2.24) is 5.32 Å². The van der Waals surface area contributed by atoms with Crippen LogP contribution in [0.5, 0.6) is 0 Å². The van der Waals surface area contributed by atoms with Crippen LogP contribution in [0.1, 0.15) is 53.4 Å². The van der Waals surface area contributed by atoms with Crippen molar-refractivity contribution < 1.29 is 0 Å². The molecule has 0 radical (unpaired) electrons. The zero-order valence-corrected chi connectivity index (χ0v) is 9.54. The smallest absolute Gasteiger partial charge is 0.0168 e. The summed E-state index contributed by atoms with van der Waals surface area (Å²) in [7, 11) is 0. The molecule has 1 fully saturated rings. The molecule has 1 N–H and O–H groups in total. The van der Waals surface area contributed by atoms with Gasteiger partial charge in [-0.15, -0.1) is 0 Å². The van der Waals surface area contributed by atoms with Gasteiger partial charge in [0.15, 0.2) is 0 Å². The van der Waals surface area contributed by atoms with Crippen LogP contribution in [-0.4, -0.2) is 12.1 Å². The predicted molar refractivity (Wildman–Crippen MR) is 58.9 cm³/mol. The molecule has 13 heavy (non-hydrogen) atoms. The molecule has 1 rings (SSSR count). The first-order chi connectivity index (χ1) is 6.07. The van der Waals surface area contributed by atoms with Crippen molar-refractivity contribution in [3.63, 3.8) is 0 Å². The van der Waals surface area contributed by atoms with E-state index in [1.165, 1.54) is 32.2 Å². The quantitative estimate of drug-likeness (QED) is 0.656. The predicted octanol–water partition coefficient (Wildman–Crippen LogP) is 3.27. The molecule has 0 spiro atoms. The molecule has 0 bridgehead atoms. The van der Waals surface area contributed by atoms with Crippen LogP contribution in [0, 0.1) is 0 Å². The van der Waals surface area contributed by atoms with E-state index < -0.39 is 0 Å². The number of hydrogen-bond acceptors (Lipinski definition) is 1. The highest BCUT2D eigenvalue weighted by Gasteiger charge is 2.30. The normalized spacial score (nSPS) is 29.5. The second-order valence-corrected chi connectivity index (χ2v) is 4.65. The molecule has 0 aromatic rings. The maximum absolute atomic E-state index is 3.51. The van der Waals surface area contributed by atoms with E-state index in [1.54, 1.807) is 11.1 Å². The van der Waals surface area contributed by atoms with E-state index in [-0.39, 0.29) is 0 Å². The Morgan fingerprint density at radius 1 is 1.31 bits per heavy atom. The molecule has 1 aliphatic rings. The lowest BCUT2D eigenvalue weighted by molar-refractivity contribution is 0.216. The van der Waals surface area contributed by atoms with Gasteiger partial charge in [-0.25, -0.2) is 0 Å². The second kappa shape index (κ2) is 4.28. The molecular formula is C12H23N. The topological polar surface area (TPSA) is 12.0 Å². The molecule has 0 aromatic carbocycles. The highest BCUT2D eigenvalue weighted by molar-refractivity contribution is 5.10. The van der Waals surface area contributed by atoms with Gasteiger partial charge in [0.1, 0.15) is 0 Å². The molecule has 1 saturated heterocycles. The van der Waals surface area contributed by atoms with E-state index in [2.05, 4.69) is 33.0 Å². The van der Waals surface area contributed by atoms with Crippen LogP contribution in [0.2, 0.25) is 0 Å². The van der Waals surface area contributed by atoms with Gasteiger partial charge in [-0.1, -0.05) is 18.1 Å². The van der Waals surface area contributed by atoms with Gasteiger partial charge in [0.2, 0.25) is 0 Å². The Labute approximate surface area is 82.6 Å². The number of rotatable bonds is 4. The summed E-state index contributed by atoms with van der Waals surface area (Å²) < 4.78 is 0. The second-order valence-electron chi connectivity index (χ2n) is 4.65. The fourth-order valence-corrected chi connectivity index (χ4v) is 1.74. The summed E-state index contributed by atoms with van der Waals surface area (Å²) in [5, 5.41) is 3.51. The van der Waals surface area contributed by atoms with E-state index in [0.717, 1.165) is 0 Å². The van der Waals surface area contributed by atoms with Gasteiger partial charge < -0.3 is 5.32 Å². The standard InChI is InChI=1S/C12H23N/c1-5-10(2)11(3)6-7-12(4)8-9-13-12/h13H,5-9H2,1-4H3/b11-10-. The molecule has 1 heteroatoms. The van der Waals surface area contributed by atoms with Crippen LogP contribution >= 0.6 is 0 Å². The summed E-state index contributed by atoms with van der Waals surface area (Å²) in [4.78, 5) is 0. The van der Waals surface area contributed by atoms with Crippen LogP contribution in [0.25, 0.3) is 0 Å². The first-order valence-electron chi connectivity index (χ1n) is 5.47. The van der Waals surface area contributed by atoms with Crippen molar-refractivity contribution in [3.8, 4) is 0 Å². The van der Waals surface area contributed by atoms with Gasteiger partial charge in [-0.05, 0) is 53.0 Å². The van der Waals surface area contributed by atoms with E-state index in [4.69, 9.17) is 0 Å². The monoisotopic (exact) mass is 181 g/mol. The highest BCUT2D eigenvalue weighted by atomic mass is 15.0. The Morgan fingerprint density at radius 2 is 1.92 bits per heavy atom. The lowest BCUT2D eigenvalue weighted by Crippen LogP contribution is -2.54. The molecule has 0 amide bonds. The fourth-order valence-electron chi connectivity index (χ4n) is 1.74. The minimum absolute atomic E-state index is 0.454. The molecule has 1 atom stereocenters. The Hall–Kier alpha value is -0.300. The van der Waals surface area contributed by atoms with Gasteiger partial charge in [0, 0.05) is 5.54 Å². The average Bonchev–Trinajstić information content (AvgIpc) is 2.09. The molecule has 1 nitrogen and oxygen atoms in total. The SMILES string of the molecule is CC/C(C)=C(/C)CCC1(C)CCN1. The van der Waals surface area contributed by atoms with Gasteiger partial charge in [0.25, 0.3) is 0 Å². The first kappa shape index (κ1) is 10.8. The summed E-state index contributed by atoms with van der Waals surface area (Å²) in [5.41, 5.74) is 3.62. The van der Waals surface area contributed by atoms with Crippen molar-refractivity contribution in [2.75, 3.05) is 6.54 Å². The van der Waals surface area contributed by atoms with Gasteiger partial charge in [-0.2, -0.15) is 0 Å². The summed E-state index contributed by atoms with van der Waals surface area (Å²) in [6.07, 6.45) is 5.13. The summed E-state index contributed by atoms with van der Waals surface area (Å²) in [6, 6.07) is 0. The largest absolute Gasteiger partial charge is 0.311 e. The van der Waals surface area contributed by atoms with Crippen LogP contribution in [-0.2, 0) is 0 Å². The lowest BCUT2D eigenvalue weighted by Gasteiger charge is -2.40. The van der Waals surface area contributed by atoms with E-state index in [9.17, 15) is 0 Å². The lowest BCUT2D eigenvalue weighted by atomic mass is 9.84. The van der Waals surface area contributed by atoms with Crippen molar-refractivity contribution in [2.45, 2.75) is 58.9 Å². The Balaban J connectivity index is 2.33. The minimum Gasteiger partial charge on any atom is -0.311 e. The highest BCUT2D eigenvalue weighted by Crippen LogP contribution is 2.26. The Bertz CT molecular complexity index is 199. The average molecular weight is 181 g/mol. The maximum atomic E-state index is 3.51. The van der Waals surface area contributed by atoms with E-state index in [0.29, 0.717) is 5.54 Å². The zero-order valence-electron chi connectivity index (χ0n) is 9.54. The summed E-state index contributed by atoms with van der Waals surface area (Å²) >= 11 is 0. The molecule has 1 unspecified atom stereocenters. The third kappa shape index (κ3) is 2.84. The molecule has 1 aliphatic heterocycles. The minimum atomic E-state index is 0.454. The molecular weight excluding hydrogens is 158 g/mol. The van der Waals surface area contributed by atoms with Crippen LogP contribution < -0.4 is 5.32 Å². The van der Waals surface area contributed by atoms with Crippen molar-refractivity contribution in [1.29, 1.82) is 0 Å².